The van der Waals surface area contributed by atoms with Crippen molar-refractivity contribution in [3.05, 3.63) is 64.4 Å². The highest BCUT2D eigenvalue weighted by molar-refractivity contribution is 8.04. The van der Waals surface area contributed by atoms with Gasteiger partial charge in [-0.3, -0.25) is 9.89 Å². The van der Waals surface area contributed by atoms with Crippen LogP contribution in [0.1, 0.15) is 30.5 Å². The molecule has 0 saturated carbocycles. The zero-order chi connectivity index (χ0) is 21.2. The predicted molar refractivity (Wildman–Crippen MR) is 137 cm³/mol. The van der Waals surface area contributed by atoms with Crippen LogP contribution in [0.3, 0.4) is 0 Å². The fourth-order valence-corrected chi connectivity index (χ4v) is 5.59. The number of halogens is 3. The van der Waals surface area contributed by atoms with Gasteiger partial charge in [-0.15, -0.1) is 24.8 Å². The van der Waals surface area contributed by atoms with Crippen LogP contribution in [0, 0.1) is 11.7 Å². The molecule has 1 saturated heterocycles. The van der Waals surface area contributed by atoms with Crippen molar-refractivity contribution in [3.8, 4) is 0 Å². The van der Waals surface area contributed by atoms with Crippen LogP contribution in [0.15, 0.2) is 52.3 Å². The largest absolute Gasteiger partial charge is 0.349 e. The van der Waals surface area contributed by atoms with E-state index in [0.29, 0.717) is 22.8 Å². The second-order valence-electron chi connectivity index (χ2n) is 8.20. The fourth-order valence-electron chi connectivity index (χ4n) is 4.56. The number of nitrogens with one attached hydrogen (secondary N) is 3. The summed E-state index contributed by atoms with van der Waals surface area (Å²) in [5.41, 5.74) is 2.49. The van der Waals surface area contributed by atoms with E-state index >= 15 is 0 Å². The van der Waals surface area contributed by atoms with Gasteiger partial charge in [-0.25, -0.2) is 4.39 Å². The summed E-state index contributed by atoms with van der Waals surface area (Å²) < 4.78 is 14.1. The summed E-state index contributed by atoms with van der Waals surface area (Å²) in [4.78, 5) is 15.0. The number of nitrogens with zero attached hydrogens (tertiary/aromatic N) is 1. The van der Waals surface area contributed by atoms with Gasteiger partial charge < -0.3 is 10.6 Å². The molecule has 1 amide bonds. The van der Waals surface area contributed by atoms with E-state index in [2.05, 4.69) is 20.8 Å². The highest BCUT2D eigenvalue weighted by Gasteiger charge is 2.28. The average molecular weight is 509 g/mol. The van der Waals surface area contributed by atoms with Crippen LogP contribution in [0.2, 0.25) is 0 Å². The van der Waals surface area contributed by atoms with Crippen molar-refractivity contribution in [2.75, 3.05) is 13.1 Å². The van der Waals surface area contributed by atoms with Gasteiger partial charge in [-0.2, -0.15) is 5.10 Å². The van der Waals surface area contributed by atoms with Crippen molar-refractivity contribution in [2.24, 2.45) is 5.92 Å². The summed E-state index contributed by atoms with van der Waals surface area (Å²) in [6.07, 6.45) is 5.24. The standard InChI is InChI=1S/C24H25FN4OS.2ClH/c25-17-5-2-1-4-15(17)8-9-18(16-10-12-26-13-11-16)27-24(30)22-14-20-23-19(28-29-20)6-3-7-21(23)31-22;;/h1-7,14,16,18,26H,8-13H2,(H,27,30)(H,28,29);2*1H. The third-order valence-electron chi connectivity index (χ3n) is 6.24. The van der Waals surface area contributed by atoms with Crippen molar-refractivity contribution in [2.45, 2.75) is 36.6 Å². The Bertz CT molecular complexity index is 1150. The Kier molecular flexibility index (Phi) is 8.82. The average Bonchev–Trinajstić information content (AvgIpc) is 3.22. The van der Waals surface area contributed by atoms with Gasteiger partial charge >= 0.3 is 0 Å². The van der Waals surface area contributed by atoms with Crippen LogP contribution in [-0.4, -0.2) is 35.2 Å². The Balaban J connectivity index is 0.00000153. The van der Waals surface area contributed by atoms with E-state index in [9.17, 15) is 9.18 Å². The van der Waals surface area contributed by atoms with Crippen molar-refractivity contribution in [1.29, 1.82) is 0 Å². The van der Waals surface area contributed by atoms with E-state index in [-0.39, 0.29) is 42.6 Å². The zero-order valence-electron chi connectivity index (χ0n) is 18.0. The first-order chi connectivity index (χ1) is 15.2. The zero-order valence-corrected chi connectivity index (χ0v) is 20.4. The molecule has 2 aliphatic heterocycles. The quantitative estimate of drug-likeness (QED) is 0.432. The fraction of sp³-hybridized carbons (Fsp3) is 0.333. The van der Waals surface area contributed by atoms with E-state index in [1.165, 1.54) is 17.8 Å². The smallest absolute Gasteiger partial charge is 0.258 e. The molecule has 5 nitrogen and oxygen atoms in total. The number of amides is 1. The Hall–Kier alpha value is -2.06. The third-order valence-corrected chi connectivity index (χ3v) is 7.32. The summed E-state index contributed by atoms with van der Waals surface area (Å²) >= 11 is 1.48. The maximum absolute atomic E-state index is 14.1. The van der Waals surface area contributed by atoms with E-state index in [1.807, 2.05) is 36.4 Å². The van der Waals surface area contributed by atoms with Crippen LogP contribution >= 0.6 is 36.6 Å². The molecule has 1 fully saturated rings. The summed E-state index contributed by atoms with van der Waals surface area (Å²) in [5, 5.41) is 15.1. The molecular formula is C24H27Cl2FN4OS. The molecule has 1 atom stereocenters. The number of H-pyrrole nitrogens is 1. The van der Waals surface area contributed by atoms with Crippen molar-refractivity contribution in [3.63, 3.8) is 0 Å². The maximum Gasteiger partial charge on any atom is 0.258 e. The van der Waals surface area contributed by atoms with E-state index in [4.69, 9.17) is 0 Å². The van der Waals surface area contributed by atoms with Gasteiger partial charge in [0, 0.05) is 16.3 Å². The SMILES string of the molecule is Cl.Cl.O=C(NC(CCc1ccccc1F)C1CCNCC1)C1=Cc2[nH]nc3cccc(c23)S1. The molecule has 1 aromatic heterocycles. The van der Waals surface area contributed by atoms with E-state index < -0.39 is 0 Å². The van der Waals surface area contributed by atoms with Gasteiger partial charge in [-0.05, 0) is 74.5 Å². The minimum Gasteiger partial charge on any atom is -0.349 e. The highest BCUT2D eigenvalue weighted by atomic mass is 35.5. The number of thioether (sulfide) groups is 1. The number of benzene rings is 2. The Morgan fingerprint density at radius 2 is 1.94 bits per heavy atom. The normalized spacial score (nSPS) is 16.3. The second kappa shape index (κ2) is 11.4. The first-order valence-electron chi connectivity index (χ1n) is 10.8. The van der Waals surface area contributed by atoms with Crippen LogP contribution in [0.4, 0.5) is 4.39 Å². The molecule has 1 unspecified atom stereocenters. The van der Waals surface area contributed by atoms with Gasteiger partial charge in [0.2, 0.25) is 0 Å². The highest BCUT2D eigenvalue weighted by Crippen LogP contribution is 2.40. The maximum atomic E-state index is 14.1. The molecule has 33 heavy (non-hydrogen) atoms. The molecule has 3 heterocycles. The lowest BCUT2D eigenvalue weighted by Crippen LogP contribution is -2.45. The number of aromatic amines is 1. The third kappa shape index (κ3) is 5.54. The van der Waals surface area contributed by atoms with Crippen LogP contribution in [0.5, 0.6) is 0 Å². The lowest BCUT2D eigenvalue weighted by molar-refractivity contribution is -0.117. The molecule has 5 rings (SSSR count). The molecule has 0 bridgehead atoms. The minimum atomic E-state index is -0.177. The van der Waals surface area contributed by atoms with Gasteiger partial charge in [0.05, 0.1) is 16.1 Å². The number of aryl methyl sites for hydroxylation is 1. The van der Waals surface area contributed by atoms with Crippen molar-refractivity contribution < 1.29 is 9.18 Å². The summed E-state index contributed by atoms with van der Waals surface area (Å²) in [6.45, 7) is 1.90. The lowest BCUT2D eigenvalue weighted by Gasteiger charge is -2.32. The van der Waals surface area contributed by atoms with Gasteiger partial charge in [-0.1, -0.05) is 36.0 Å². The second-order valence-corrected chi connectivity index (χ2v) is 9.28. The molecule has 2 aromatic carbocycles. The van der Waals surface area contributed by atoms with Crippen molar-refractivity contribution in [1.82, 2.24) is 20.8 Å². The number of carbonyl (C=O) groups excluding carboxylic acids is 1. The Morgan fingerprint density at radius 3 is 2.73 bits per heavy atom. The molecule has 0 spiro atoms. The lowest BCUT2D eigenvalue weighted by atomic mass is 9.86. The number of piperidine rings is 1. The van der Waals surface area contributed by atoms with Crippen LogP contribution < -0.4 is 10.6 Å². The molecule has 176 valence electrons. The molecular weight excluding hydrogens is 482 g/mol. The summed E-state index contributed by atoms with van der Waals surface area (Å²) in [7, 11) is 0. The number of hydrogen-bond donors (Lipinski definition) is 3. The Morgan fingerprint density at radius 1 is 1.15 bits per heavy atom. The molecule has 2 aliphatic rings. The number of hydrogen-bond acceptors (Lipinski definition) is 4. The molecule has 0 aliphatic carbocycles. The Labute approximate surface area is 209 Å². The van der Waals surface area contributed by atoms with Crippen molar-refractivity contribution >= 4 is 59.5 Å². The monoisotopic (exact) mass is 508 g/mol. The summed E-state index contributed by atoms with van der Waals surface area (Å²) in [6, 6.07) is 12.9. The molecule has 9 heteroatoms. The number of carbonyl (C=O) groups is 1. The minimum absolute atomic E-state index is 0. The van der Waals surface area contributed by atoms with Crippen LogP contribution in [0.25, 0.3) is 17.0 Å². The van der Waals surface area contributed by atoms with E-state index in [1.54, 1.807) is 6.07 Å². The predicted octanol–water partition coefficient (Wildman–Crippen LogP) is 5.11. The first kappa shape index (κ1) is 25.6. The number of aromatic nitrogens is 2. The molecule has 0 radical (unpaired) electrons. The number of rotatable bonds is 6. The van der Waals surface area contributed by atoms with Gasteiger partial charge in [0.1, 0.15) is 5.82 Å². The first-order valence-corrected chi connectivity index (χ1v) is 11.6. The molecule has 3 N–H and O–H groups in total. The molecule has 3 aromatic rings. The van der Waals surface area contributed by atoms with Gasteiger partial charge in [0.25, 0.3) is 5.91 Å². The topological polar surface area (TPSA) is 69.8 Å². The van der Waals surface area contributed by atoms with E-state index in [0.717, 1.165) is 53.8 Å². The summed E-state index contributed by atoms with van der Waals surface area (Å²) in [5.74, 6) is 0.139. The van der Waals surface area contributed by atoms with Crippen LogP contribution in [-0.2, 0) is 11.2 Å². The van der Waals surface area contributed by atoms with Gasteiger partial charge in [0.15, 0.2) is 0 Å².